The van der Waals surface area contributed by atoms with Crippen LogP contribution in [0.2, 0.25) is 0 Å². The van der Waals surface area contributed by atoms with Crippen LogP contribution >= 0.6 is 11.3 Å². The number of nitrogens with zero attached hydrogens (tertiary/aromatic N) is 3. The summed E-state index contributed by atoms with van der Waals surface area (Å²) in [7, 11) is 1.67. The maximum absolute atomic E-state index is 13.7. The lowest BCUT2D eigenvalue weighted by Gasteiger charge is -2.30. The average molecular weight is 410 g/mol. The number of carbonyl (C=O) groups is 1. The maximum atomic E-state index is 13.7. The van der Waals surface area contributed by atoms with E-state index in [2.05, 4.69) is 27.0 Å². The molecule has 152 valence electrons. The van der Waals surface area contributed by atoms with Gasteiger partial charge in [-0.2, -0.15) is 0 Å². The van der Waals surface area contributed by atoms with Crippen LogP contribution in [0.5, 0.6) is 5.75 Å². The molecular formula is C23H27N3O2S. The zero-order valence-electron chi connectivity index (χ0n) is 17.5. The first-order chi connectivity index (χ1) is 14.0. The Morgan fingerprint density at radius 2 is 1.86 bits per heavy atom. The largest absolute Gasteiger partial charge is 0.497 e. The van der Waals surface area contributed by atoms with Crippen molar-refractivity contribution < 1.29 is 9.53 Å². The molecule has 0 bridgehead atoms. The van der Waals surface area contributed by atoms with Crippen molar-refractivity contribution >= 4 is 27.5 Å². The van der Waals surface area contributed by atoms with Crippen molar-refractivity contribution in [2.24, 2.45) is 0 Å². The highest BCUT2D eigenvalue weighted by atomic mass is 32.1. The van der Waals surface area contributed by atoms with Gasteiger partial charge in [0.15, 0.2) is 0 Å². The summed E-state index contributed by atoms with van der Waals surface area (Å²) in [6.07, 6.45) is 4.32. The van der Waals surface area contributed by atoms with Crippen LogP contribution in [0.15, 0.2) is 24.3 Å². The van der Waals surface area contributed by atoms with Gasteiger partial charge in [0.05, 0.1) is 18.0 Å². The molecule has 0 N–H and O–H groups in total. The molecule has 0 saturated carbocycles. The van der Waals surface area contributed by atoms with Crippen LogP contribution in [-0.2, 0) is 0 Å². The average Bonchev–Trinajstić information content (AvgIpc) is 2.89. The van der Waals surface area contributed by atoms with Crippen LogP contribution in [0.4, 0.5) is 0 Å². The van der Waals surface area contributed by atoms with Crippen LogP contribution in [0.1, 0.15) is 64.0 Å². The molecule has 1 unspecified atom stereocenters. The van der Waals surface area contributed by atoms with Crippen molar-refractivity contribution in [1.82, 2.24) is 14.9 Å². The van der Waals surface area contributed by atoms with Crippen molar-refractivity contribution in [1.29, 1.82) is 0 Å². The molecule has 1 saturated heterocycles. The molecule has 0 radical (unpaired) electrons. The molecule has 3 heterocycles. The number of carbonyl (C=O) groups excluding carboxylic acids is 1. The number of rotatable bonds is 3. The topological polar surface area (TPSA) is 55.3 Å². The quantitative estimate of drug-likeness (QED) is 0.582. The number of methoxy groups -OCH3 is 1. The van der Waals surface area contributed by atoms with E-state index in [1.54, 1.807) is 7.11 Å². The molecule has 0 spiro atoms. The van der Waals surface area contributed by atoms with Crippen molar-refractivity contribution in [3.63, 3.8) is 0 Å². The first-order valence-electron chi connectivity index (χ1n) is 10.2. The highest BCUT2D eigenvalue weighted by Gasteiger charge is 2.30. The van der Waals surface area contributed by atoms with Gasteiger partial charge in [-0.25, -0.2) is 9.97 Å². The van der Waals surface area contributed by atoms with Gasteiger partial charge in [-0.15, -0.1) is 11.3 Å². The van der Waals surface area contributed by atoms with Gasteiger partial charge >= 0.3 is 0 Å². The van der Waals surface area contributed by atoms with Gasteiger partial charge in [0.25, 0.3) is 5.91 Å². The number of amides is 1. The number of ether oxygens (including phenoxy) is 1. The summed E-state index contributed by atoms with van der Waals surface area (Å²) >= 11 is 1.50. The summed E-state index contributed by atoms with van der Waals surface area (Å²) in [4.78, 5) is 26.6. The third kappa shape index (κ3) is 3.73. The molecule has 1 aliphatic rings. The summed E-state index contributed by atoms with van der Waals surface area (Å²) in [6.45, 7) is 6.71. The van der Waals surface area contributed by atoms with Gasteiger partial charge < -0.3 is 9.64 Å². The molecule has 29 heavy (non-hydrogen) atoms. The van der Waals surface area contributed by atoms with Gasteiger partial charge in [-0.05, 0) is 56.9 Å². The highest BCUT2D eigenvalue weighted by Crippen LogP contribution is 2.36. The lowest BCUT2D eigenvalue weighted by Crippen LogP contribution is -2.34. The zero-order valence-corrected chi connectivity index (χ0v) is 18.3. The van der Waals surface area contributed by atoms with E-state index in [4.69, 9.17) is 4.74 Å². The first-order valence-corrected chi connectivity index (χ1v) is 11.0. The molecule has 1 fully saturated rings. The van der Waals surface area contributed by atoms with Crippen LogP contribution in [-0.4, -0.2) is 34.4 Å². The first kappa shape index (κ1) is 19.8. The monoisotopic (exact) mass is 409 g/mol. The van der Waals surface area contributed by atoms with E-state index in [-0.39, 0.29) is 11.9 Å². The van der Waals surface area contributed by atoms with Crippen molar-refractivity contribution in [2.45, 2.75) is 52.5 Å². The smallest absolute Gasteiger partial charge is 0.264 e. The van der Waals surface area contributed by atoms with Gasteiger partial charge in [-0.3, -0.25) is 4.79 Å². The van der Waals surface area contributed by atoms with Crippen molar-refractivity contribution in [2.75, 3.05) is 13.7 Å². The van der Waals surface area contributed by atoms with Gasteiger partial charge in [0.1, 0.15) is 16.4 Å². The fourth-order valence-electron chi connectivity index (χ4n) is 4.33. The summed E-state index contributed by atoms with van der Waals surface area (Å²) in [6, 6.07) is 8.23. The third-order valence-corrected chi connectivity index (χ3v) is 6.97. The standard InChI is InChI=1S/C23H27N3O2S/c1-14-20-15(2)24-16(3)25-22(20)29-21(14)23(27)26-13-7-5-6-8-19(26)17-9-11-18(28-4)12-10-17/h9-12,19H,5-8,13H2,1-4H3. The number of thiophene rings is 1. The molecule has 2 aromatic heterocycles. The molecule has 1 aromatic carbocycles. The molecule has 5 nitrogen and oxygen atoms in total. The molecule has 1 aliphatic heterocycles. The number of aryl methyl sites for hydroxylation is 3. The van der Waals surface area contributed by atoms with E-state index >= 15 is 0 Å². The Labute approximate surface area is 175 Å². The molecule has 1 atom stereocenters. The van der Waals surface area contributed by atoms with E-state index in [0.29, 0.717) is 0 Å². The second-order valence-electron chi connectivity index (χ2n) is 7.73. The van der Waals surface area contributed by atoms with Gasteiger partial charge in [0, 0.05) is 17.6 Å². The summed E-state index contributed by atoms with van der Waals surface area (Å²) in [5.41, 5.74) is 3.12. The van der Waals surface area contributed by atoms with Crippen LogP contribution in [0, 0.1) is 20.8 Å². The Morgan fingerprint density at radius 1 is 1.10 bits per heavy atom. The molecule has 1 amide bonds. The van der Waals surface area contributed by atoms with E-state index in [0.717, 1.165) is 70.2 Å². The summed E-state index contributed by atoms with van der Waals surface area (Å²) < 4.78 is 5.30. The predicted molar refractivity (Wildman–Crippen MR) is 117 cm³/mol. The molecule has 0 aliphatic carbocycles. The van der Waals surface area contributed by atoms with Crippen LogP contribution in [0.25, 0.3) is 10.2 Å². The summed E-state index contributed by atoms with van der Waals surface area (Å²) in [5.74, 6) is 1.71. The SMILES string of the molecule is COc1ccc(C2CCCCCN2C(=O)c2sc3nc(C)nc(C)c3c2C)cc1. The Morgan fingerprint density at radius 3 is 2.59 bits per heavy atom. The zero-order chi connectivity index (χ0) is 20.5. The number of hydrogen-bond acceptors (Lipinski definition) is 5. The van der Waals surface area contributed by atoms with E-state index in [9.17, 15) is 4.79 Å². The second kappa shape index (κ2) is 8.11. The number of likely N-dealkylation sites (tertiary alicyclic amines) is 1. The number of fused-ring (bicyclic) bond motifs is 1. The number of benzene rings is 1. The molecule has 4 rings (SSSR count). The van der Waals surface area contributed by atoms with Crippen molar-refractivity contribution in [3.05, 3.63) is 51.8 Å². The maximum Gasteiger partial charge on any atom is 0.264 e. The fourth-order valence-corrected chi connectivity index (χ4v) is 5.57. The van der Waals surface area contributed by atoms with Crippen molar-refractivity contribution in [3.8, 4) is 5.75 Å². The van der Waals surface area contributed by atoms with E-state index in [1.165, 1.54) is 16.9 Å². The number of aromatic nitrogens is 2. The highest BCUT2D eigenvalue weighted by molar-refractivity contribution is 7.20. The predicted octanol–water partition coefficient (Wildman–Crippen LogP) is 5.38. The van der Waals surface area contributed by atoms with Crippen LogP contribution < -0.4 is 4.74 Å². The lowest BCUT2D eigenvalue weighted by atomic mass is 10.00. The Kier molecular flexibility index (Phi) is 5.54. The van der Waals surface area contributed by atoms with Crippen LogP contribution in [0.3, 0.4) is 0 Å². The Bertz CT molecular complexity index is 1040. The normalized spacial score (nSPS) is 17.4. The minimum absolute atomic E-state index is 0.0921. The molecule has 3 aromatic rings. The van der Waals surface area contributed by atoms with E-state index < -0.39 is 0 Å². The Balaban J connectivity index is 1.74. The second-order valence-corrected chi connectivity index (χ2v) is 8.73. The minimum atomic E-state index is 0.0921. The lowest BCUT2D eigenvalue weighted by molar-refractivity contribution is 0.0685. The Hall–Kier alpha value is -2.47. The fraction of sp³-hybridized carbons (Fsp3) is 0.435. The number of hydrogen-bond donors (Lipinski definition) is 0. The van der Waals surface area contributed by atoms with E-state index in [1.807, 2.05) is 32.9 Å². The van der Waals surface area contributed by atoms with Gasteiger partial charge in [0.2, 0.25) is 0 Å². The van der Waals surface area contributed by atoms with Gasteiger partial charge in [-0.1, -0.05) is 25.0 Å². The summed E-state index contributed by atoms with van der Waals surface area (Å²) in [5, 5.41) is 1.03. The third-order valence-electron chi connectivity index (χ3n) is 5.79. The minimum Gasteiger partial charge on any atom is -0.497 e. The molecular weight excluding hydrogens is 382 g/mol. The molecule has 6 heteroatoms.